The second-order valence-electron chi connectivity index (χ2n) is 3.96. The van der Waals surface area contributed by atoms with Gasteiger partial charge in [-0.2, -0.15) is 0 Å². The minimum absolute atomic E-state index is 0.125. The van der Waals surface area contributed by atoms with Crippen molar-refractivity contribution in [2.75, 3.05) is 6.61 Å². The Morgan fingerprint density at radius 1 is 1.21 bits per heavy atom. The zero-order chi connectivity index (χ0) is 11.0. The molecule has 0 atom stereocenters. The summed E-state index contributed by atoms with van der Waals surface area (Å²) in [5, 5.41) is 0. The Morgan fingerprint density at radius 2 is 1.86 bits per heavy atom. The molecule has 0 aromatic rings. The van der Waals surface area contributed by atoms with Crippen LogP contribution in [0.2, 0.25) is 0 Å². The van der Waals surface area contributed by atoms with Gasteiger partial charge in [-0.05, 0) is 25.7 Å². The molecule has 0 radical (unpaired) electrons. The Kier molecular flexibility index (Phi) is 7.07. The summed E-state index contributed by atoms with van der Waals surface area (Å²) in [6, 6.07) is 0. The van der Waals surface area contributed by atoms with Gasteiger partial charge >= 0.3 is 5.97 Å². The summed E-state index contributed by atoms with van der Waals surface area (Å²) in [5.41, 5.74) is 0. The Morgan fingerprint density at radius 3 is 2.36 bits per heavy atom. The first-order chi connectivity index (χ1) is 6.52. The van der Waals surface area contributed by atoms with E-state index in [1.807, 2.05) is 0 Å². The topological polar surface area (TPSA) is 43.4 Å². The lowest BCUT2D eigenvalue weighted by Crippen LogP contribution is -2.07. The Balaban J connectivity index is 3.33. The lowest BCUT2D eigenvalue weighted by Gasteiger charge is -2.05. The summed E-state index contributed by atoms with van der Waals surface area (Å²) in [4.78, 5) is 21.6. The molecule has 3 heteroatoms. The first kappa shape index (κ1) is 13.1. The summed E-state index contributed by atoms with van der Waals surface area (Å²) in [5.74, 6) is 0.493. The second kappa shape index (κ2) is 7.54. The van der Waals surface area contributed by atoms with Crippen molar-refractivity contribution in [3.8, 4) is 0 Å². The SMILES string of the molecule is CC(=O)CCCC(=O)OCCC(C)C. The number of hydrogen-bond donors (Lipinski definition) is 0. The lowest BCUT2D eigenvalue weighted by molar-refractivity contribution is -0.144. The van der Waals surface area contributed by atoms with E-state index in [4.69, 9.17) is 4.74 Å². The zero-order valence-corrected chi connectivity index (χ0v) is 9.34. The quantitative estimate of drug-likeness (QED) is 0.592. The zero-order valence-electron chi connectivity index (χ0n) is 9.34. The predicted octanol–water partition coefficient (Wildman–Crippen LogP) is 2.33. The van der Waals surface area contributed by atoms with E-state index in [1.54, 1.807) is 0 Å². The lowest BCUT2D eigenvalue weighted by atomic mass is 10.1. The molecule has 3 nitrogen and oxygen atoms in total. The van der Waals surface area contributed by atoms with Crippen molar-refractivity contribution < 1.29 is 14.3 Å². The van der Waals surface area contributed by atoms with Crippen LogP contribution in [-0.4, -0.2) is 18.4 Å². The normalized spacial score (nSPS) is 10.3. The van der Waals surface area contributed by atoms with E-state index < -0.39 is 0 Å². The van der Waals surface area contributed by atoms with Gasteiger partial charge in [-0.25, -0.2) is 0 Å². The highest BCUT2D eigenvalue weighted by atomic mass is 16.5. The maximum atomic E-state index is 11.1. The highest BCUT2D eigenvalue weighted by molar-refractivity contribution is 5.76. The molecule has 0 saturated carbocycles. The van der Waals surface area contributed by atoms with Gasteiger partial charge in [-0.15, -0.1) is 0 Å². The summed E-state index contributed by atoms with van der Waals surface area (Å²) in [6.07, 6.45) is 2.34. The first-order valence-electron chi connectivity index (χ1n) is 5.17. The third-order valence-corrected chi connectivity index (χ3v) is 1.87. The molecule has 0 heterocycles. The molecule has 0 aliphatic rings. The van der Waals surface area contributed by atoms with Gasteiger partial charge in [-0.3, -0.25) is 4.79 Å². The van der Waals surface area contributed by atoms with Crippen LogP contribution in [0, 0.1) is 5.92 Å². The van der Waals surface area contributed by atoms with Gasteiger partial charge in [0.1, 0.15) is 5.78 Å². The van der Waals surface area contributed by atoms with Crippen LogP contribution in [0.25, 0.3) is 0 Å². The van der Waals surface area contributed by atoms with Gasteiger partial charge in [0.05, 0.1) is 6.61 Å². The van der Waals surface area contributed by atoms with Crippen molar-refractivity contribution in [2.45, 2.75) is 46.5 Å². The molecule has 82 valence electrons. The number of ether oxygens (including phenoxy) is 1. The fourth-order valence-corrected chi connectivity index (χ4v) is 0.962. The van der Waals surface area contributed by atoms with E-state index in [1.165, 1.54) is 6.92 Å². The molecule has 0 fully saturated rings. The van der Waals surface area contributed by atoms with Gasteiger partial charge in [-0.1, -0.05) is 13.8 Å². The molecule has 0 amide bonds. The van der Waals surface area contributed by atoms with E-state index in [9.17, 15) is 9.59 Å². The summed E-state index contributed by atoms with van der Waals surface area (Å²) >= 11 is 0. The summed E-state index contributed by atoms with van der Waals surface area (Å²) in [7, 11) is 0. The molecule has 0 N–H and O–H groups in total. The van der Waals surface area contributed by atoms with E-state index >= 15 is 0 Å². The van der Waals surface area contributed by atoms with Crippen LogP contribution in [0.5, 0.6) is 0 Å². The van der Waals surface area contributed by atoms with Crippen LogP contribution >= 0.6 is 0 Å². The van der Waals surface area contributed by atoms with Crippen molar-refractivity contribution in [3.63, 3.8) is 0 Å². The maximum Gasteiger partial charge on any atom is 0.305 e. The van der Waals surface area contributed by atoms with E-state index in [-0.39, 0.29) is 11.8 Å². The van der Waals surface area contributed by atoms with E-state index in [0.29, 0.717) is 31.8 Å². The molecule has 0 bridgehead atoms. The average Bonchev–Trinajstić information content (AvgIpc) is 2.02. The number of rotatable bonds is 7. The molecular weight excluding hydrogens is 180 g/mol. The fourth-order valence-electron chi connectivity index (χ4n) is 0.962. The molecule has 0 spiro atoms. The summed E-state index contributed by atoms with van der Waals surface area (Å²) < 4.78 is 4.98. The summed E-state index contributed by atoms with van der Waals surface area (Å²) in [6.45, 7) is 6.20. The van der Waals surface area contributed by atoms with Gasteiger partial charge in [0.25, 0.3) is 0 Å². The molecule has 14 heavy (non-hydrogen) atoms. The Bertz CT molecular complexity index is 185. The highest BCUT2D eigenvalue weighted by Gasteiger charge is 2.04. The van der Waals surface area contributed by atoms with E-state index in [2.05, 4.69) is 13.8 Å². The van der Waals surface area contributed by atoms with Crippen LogP contribution in [0.3, 0.4) is 0 Å². The van der Waals surface area contributed by atoms with E-state index in [0.717, 1.165) is 6.42 Å². The predicted molar refractivity (Wildman–Crippen MR) is 54.9 cm³/mol. The number of carbonyl (C=O) groups excluding carboxylic acids is 2. The standard InChI is InChI=1S/C11H20O3/c1-9(2)7-8-14-11(13)6-4-5-10(3)12/h9H,4-8H2,1-3H3. The number of hydrogen-bond acceptors (Lipinski definition) is 3. The average molecular weight is 200 g/mol. The molecule has 0 aliphatic heterocycles. The molecular formula is C11H20O3. The van der Waals surface area contributed by atoms with Crippen molar-refractivity contribution in [1.29, 1.82) is 0 Å². The third-order valence-electron chi connectivity index (χ3n) is 1.87. The smallest absolute Gasteiger partial charge is 0.305 e. The number of ketones is 1. The number of Topliss-reactive ketones (excluding diaryl/α,β-unsaturated/α-hetero) is 1. The van der Waals surface area contributed by atoms with Gasteiger partial charge in [0.2, 0.25) is 0 Å². The van der Waals surface area contributed by atoms with Crippen molar-refractivity contribution in [2.24, 2.45) is 5.92 Å². The van der Waals surface area contributed by atoms with Gasteiger partial charge in [0, 0.05) is 12.8 Å². The van der Waals surface area contributed by atoms with Crippen molar-refractivity contribution in [1.82, 2.24) is 0 Å². The fraction of sp³-hybridized carbons (Fsp3) is 0.818. The highest BCUT2D eigenvalue weighted by Crippen LogP contribution is 2.02. The molecule has 0 saturated heterocycles. The second-order valence-corrected chi connectivity index (χ2v) is 3.96. The molecule has 0 aromatic carbocycles. The van der Waals surface area contributed by atoms with Gasteiger partial charge < -0.3 is 9.53 Å². The minimum Gasteiger partial charge on any atom is -0.466 e. The Labute approximate surface area is 85.8 Å². The largest absolute Gasteiger partial charge is 0.466 e. The van der Waals surface area contributed by atoms with Crippen LogP contribution in [-0.2, 0) is 14.3 Å². The first-order valence-corrected chi connectivity index (χ1v) is 5.17. The number of carbonyl (C=O) groups is 2. The molecule has 0 aromatic heterocycles. The minimum atomic E-state index is -0.188. The van der Waals surface area contributed by atoms with Crippen LogP contribution in [0.4, 0.5) is 0 Å². The number of esters is 1. The van der Waals surface area contributed by atoms with Crippen molar-refractivity contribution >= 4 is 11.8 Å². The van der Waals surface area contributed by atoms with Gasteiger partial charge in [0.15, 0.2) is 0 Å². The monoisotopic (exact) mass is 200 g/mol. The Hall–Kier alpha value is -0.860. The van der Waals surface area contributed by atoms with Crippen LogP contribution in [0.1, 0.15) is 46.5 Å². The molecule has 0 rings (SSSR count). The molecule has 0 aliphatic carbocycles. The molecule has 0 unspecified atom stereocenters. The van der Waals surface area contributed by atoms with Crippen molar-refractivity contribution in [3.05, 3.63) is 0 Å². The van der Waals surface area contributed by atoms with Crippen LogP contribution < -0.4 is 0 Å². The van der Waals surface area contributed by atoms with Crippen LogP contribution in [0.15, 0.2) is 0 Å². The third kappa shape index (κ3) is 9.23. The maximum absolute atomic E-state index is 11.1.